The first kappa shape index (κ1) is 19.6. The van der Waals surface area contributed by atoms with Gasteiger partial charge in [0.1, 0.15) is 0 Å². The SMILES string of the molecule is C#CCCC[C@@H](C)[C@H]1CC[C@H]2[C@@H]3CC=C4C[C@@H](C)CC[C@]4(C)[C@H]3CC[C@]12C. The minimum Gasteiger partial charge on any atom is -0.120 e. The van der Waals surface area contributed by atoms with Gasteiger partial charge in [0.15, 0.2) is 0 Å². The molecule has 0 radical (unpaired) electrons. The van der Waals surface area contributed by atoms with Crippen LogP contribution in [0.1, 0.15) is 98.3 Å². The normalized spacial score (nSPS) is 47.2. The number of unbranched alkanes of at least 4 members (excludes halogenated alkanes) is 1. The quantitative estimate of drug-likeness (QED) is 0.272. The standard InChI is InChI=1S/C27H42/c1-6-7-8-9-20(3)23-12-13-24-22-11-10-21-18-19(2)14-16-26(21,4)25(22)15-17-27(23,24)5/h1,10,19-20,22-25H,7-9,11-18H2,2-5H3/t19-,20+,22-,23+,24-,25-,26-,27+/m0/s1. The maximum Gasteiger partial charge on any atom is 0.00861 e. The van der Waals surface area contributed by atoms with E-state index in [1.165, 1.54) is 64.2 Å². The fourth-order valence-corrected chi connectivity index (χ4v) is 8.55. The van der Waals surface area contributed by atoms with Gasteiger partial charge in [-0.1, -0.05) is 39.3 Å². The van der Waals surface area contributed by atoms with Gasteiger partial charge in [-0.25, -0.2) is 0 Å². The summed E-state index contributed by atoms with van der Waals surface area (Å²) in [5.41, 5.74) is 2.98. The van der Waals surface area contributed by atoms with Crippen LogP contribution in [-0.2, 0) is 0 Å². The van der Waals surface area contributed by atoms with Crippen molar-refractivity contribution in [1.29, 1.82) is 0 Å². The predicted molar refractivity (Wildman–Crippen MR) is 116 cm³/mol. The Balaban J connectivity index is 1.53. The Hall–Kier alpha value is -0.700. The van der Waals surface area contributed by atoms with Crippen molar-refractivity contribution in [3.8, 4) is 12.3 Å². The maximum atomic E-state index is 5.49. The van der Waals surface area contributed by atoms with Crippen molar-refractivity contribution in [3.63, 3.8) is 0 Å². The largest absolute Gasteiger partial charge is 0.120 e. The molecule has 0 bridgehead atoms. The van der Waals surface area contributed by atoms with Crippen molar-refractivity contribution in [2.45, 2.75) is 98.3 Å². The molecule has 0 aromatic heterocycles. The smallest absolute Gasteiger partial charge is 0.00861 e. The molecule has 0 aliphatic heterocycles. The zero-order valence-corrected chi connectivity index (χ0v) is 18.4. The summed E-state index contributed by atoms with van der Waals surface area (Å²) in [5, 5.41) is 0. The molecule has 27 heavy (non-hydrogen) atoms. The summed E-state index contributed by atoms with van der Waals surface area (Å²) in [5.74, 6) is 8.46. The highest BCUT2D eigenvalue weighted by Gasteiger charge is 2.58. The number of hydrogen-bond donors (Lipinski definition) is 0. The van der Waals surface area contributed by atoms with E-state index < -0.39 is 0 Å². The summed E-state index contributed by atoms with van der Waals surface area (Å²) in [6, 6.07) is 0. The summed E-state index contributed by atoms with van der Waals surface area (Å²) in [7, 11) is 0. The van der Waals surface area contributed by atoms with E-state index in [1.807, 2.05) is 5.57 Å². The number of hydrogen-bond acceptors (Lipinski definition) is 0. The van der Waals surface area contributed by atoms with Gasteiger partial charge in [-0.15, -0.1) is 12.3 Å². The van der Waals surface area contributed by atoms with Crippen molar-refractivity contribution in [2.24, 2.45) is 46.3 Å². The second kappa shape index (κ2) is 7.28. The van der Waals surface area contributed by atoms with Crippen molar-refractivity contribution in [1.82, 2.24) is 0 Å². The Bertz CT molecular complexity index is 620. The lowest BCUT2D eigenvalue weighted by Gasteiger charge is -2.58. The van der Waals surface area contributed by atoms with Gasteiger partial charge in [0.2, 0.25) is 0 Å². The summed E-state index contributed by atoms with van der Waals surface area (Å²) in [6.07, 6.45) is 23.4. The van der Waals surface area contributed by atoms with Crippen LogP contribution in [0.4, 0.5) is 0 Å². The highest BCUT2D eigenvalue weighted by Crippen LogP contribution is 2.67. The Labute approximate surface area is 169 Å². The van der Waals surface area contributed by atoms with E-state index in [1.54, 1.807) is 0 Å². The average Bonchev–Trinajstić information content (AvgIpc) is 3.00. The molecule has 0 amide bonds. The lowest BCUT2D eigenvalue weighted by Crippen LogP contribution is -2.50. The molecule has 4 aliphatic rings. The Morgan fingerprint density at radius 1 is 1.15 bits per heavy atom. The van der Waals surface area contributed by atoms with Crippen molar-refractivity contribution in [2.75, 3.05) is 0 Å². The molecule has 0 aromatic carbocycles. The van der Waals surface area contributed by atoms with Gasteiger partial charge in [-0.05, 0) is 111 Å². The van der Waals surface area contributed by atoms with E-state index in [4.69, 9.17) is 6.42 Å². The Morgan fingerprint density at radius 3 is 2.74 bits per heavy atom. The molecule has 0 saturated heterocycles. The van der Waals surface area contributed by atoms with Gasteiger partial charge < -0.3 is 0 Å². The molecule has 0 spiro atoms. The third-order valence-corrected chi connectivity index (χ3v) is 10.1. The second-order valence-electron chi connectivity index (χ2n) is 11.4. The van der Waals surface area contributed by atoms with E-state index in [9.17, 15) is 0 Å². The molecule has 3 saturated carbocycles. The minimum atomic E-state index is 0.535. The molecule has 3 fully saturated rings. The lowest BCUT2D eigenvalue weighted by molar-refractivity contribution is -0.0522. The molecule has 0 aromatic rings. The average molecular weight is 367 g/mol. The van der Waals surface area contributed by atoms with Crippen LogP contribution in [-0.4, -0.2) is 0 Å². The molecular weight excluding hydrogens is 324 g/mol. The molecule has 4 aliphatic carbocycles. The summed E-state index contributed by atoms with van der Waals surface area (Å²) in [4.78, 5) is 0. The molecule has 0 N–H and O–H groups in total. The minimum absolute atomic E-state index is 0.535. The lowest BCUT2D eigenvalue weighted by atomic mass is 9.46. The van der Waals surface area contributed by atoms with Crippen molar-refractivity contribution >= 4 is 0 Å². The second-order valence-corrected chi connectivity index (χ2v) is 11.4. The van der Waals surface area contributed by atoms with Gasteiger partial charge >= 0.3 is 0 Å². The monoisotopic (exact) mass is 366 g/mol. The molecule has 0 heteroatoms. The maximum absolute atomic E-state index is 5.49. The summed E-state index contributed by atoms with van der Waals surface area (Å²) >= 11 is 0. The molecule has 0 nitrogen and oxygen atoms in total. The fraction of sp³-hybridized carbons (Fsp3) is 0.852. The fourth-order valence-electron chi connectivity index (χ4n) is 8.55. The van der Waals surface area contributed by atoms with Crippen molar-refractivity contribution in [3.05, 3.63) is 11.6 Å². The van der Waals surface area contributed by atoms with E-state index in [0.717, 1.165) is 41.9 Å². The van der Waals surface area contributed by atoms with Gasteiger partial charge in [0.05, 0.1) is 0 Å². The van der Waals surface area contributed by atoms with Crippen LogP contribution in [0, 0.1) is 58.7 Å². The van der Waals surface area contributed by atoms with Crippen LogP contribution >= 0.6 is 0 Å². The van der Waals surface area contributed by atoms with Crippen LogP contribution in [0.2, 0.25) is 0 Å². The molecule has 150 valence electrons. The van der Waals surface area contributed by atoms with E-state index in [0.29, 0.717) is 10.8 Å². The van der Waals surface area contributed by atoms with Gasteiger partial charge in [-0.2, -0.15) is 0 Å². The topological polar surface area (TPSA) is 0 Å². The predicted octanol–water partition coefficient (Wildman–Crippen LogP) is 7.64. The highest BCUT2D eigenvalue weighted by atomic mass is 14.6. The zero-order chi connectivity index (χ0) is 19.2. The first-order chi connectivity index (χ1) is 12.9. The van der Waals surface area contributed by atoms with Gasteiger partial charge in [0.25, 0.3) is 0 Å². The zero-order valence-electron chi connectivity index (χ0n) is 18.4. The van der Waals surface area contributed by atoms with E-state index in [2.05, 4.69) is 39.7 Å². The van der Waals surface area contributed by atoms with E-state index in [-0.39, 0.29) is 0 Å². The number of terminal acetylenes is 1. The van der Waals surface area contributed by atoms with Gasteiger partial charge in [-0.3, -0.25) is 0 Å². The highest BCUT2D eigenvalue weighted by molar-refractivity contribution is 5.25. The third-order valence-electron chi connectivity index (χ3n) is 10.1. The van der Waals surface area contributed by atoms with Crippen LogP contribution in [0.15, 0.2) is 11.6 Å². The van der Waals surface area contributed by atoms with Crippen LogP contribution in [0.25, 0.3) is 0 Å². The number of fused-ring (bicyclic) bond motifs is 5. The van der Waals surface area contributed by atoms with Crippen LogP contribution in [0.5, 0.6) is 0 Å². The molecule has 4 rings (SSSR count). The van der Waals surface area contributed by atoms with E-state index >= 15 is 0 Å². The number of rotatable bonds is 4. The first-order valence-electron chi connectivity index (χ1n) is 12.0. The van der Waals surface area contributed by atoms with Crippen LogP contribution in [0.3, 0.4) is 0 Å². The molecule has 8 atom stereocenters. The van der Waals surface area contributed by atoms with Crippen LogP contribution < -0.4 is 0 Å². The first-order valence-corrected chi connectivity index (χ1v) is 12.0. The third kappa shape index (κ3) is 3.12. The number of allylic oxidation sites excluding steroid dienone is 2. The Kier molecular flexibility index (Phi) is 5.29. The summed E-state index contributed by atoms with van der Waals surface area (Å²) in [6.45, 7) is 10.3. The Morgan fingerprint density at radius 2 is 1.96 bits per heavy atom. The van der Waals surface area contributed by atoms with Gasteiger partial charge in [0, 0.05) is 6.42 Å². The molecule has 0 unspecified atom stereocenters. The molecular formula is C27H42. The summed E-state index contributed by atoms with van der Waals surface area (Å²) < 4.78 is 0. The molecule has 0 heterocycles. The van der Waals surface area contributed by atoms with Crippen molar-refractivity contribution < 1.29 is 0 Å².